The number of sulfonamides is 1. The Balaban J connectivity index is 2.20. The fourth-order valence-electron chi connectivity index (χ4n) is 2.78. The minimum Gasteiger partial charge on any atom is -0.349 e. The molecule has 0 saturated carbocycles. The van der Waals surface area contributed by atoms with Gasteiger partial charge in [0.05, 0.1) is 5.88 Å². The van der Waals surface area contributed by atoms with E-state index in [4.69, 9.17) is 11.6 Å². The SMILES string of the molecule is CCC1CCN(S(=O)(=O)c2cc(CCl)n(CC)c2)CC1. The van der Waals surface area contributed by atoms with Crippen LogP contribution in [0, 0.1) is 5.92 Å². The smallest absolute Gasteiger partial charge is 0.244 e. The topological polar surface area (TPSA) is 42.3 Å². The summed E-state index contributed by atoms with van der Waals surface area (Å²) in [6.07, 6.45) is 4.77. The summed E-state index contributed by atoms with van der Waals surface area (Å²) in [6.45, 7) is 6.15. The Morgan fingerprint density at radius 2 is 1.95 bits per heavy atom. The van der Waals surface area contributed by atoms with Crippen molar-refractivity contribution in [2.24, 2.45) is 5.92 Å². The first-order valence-electron chi connectivity index (χ1n) is 7.28. The first-order chi connectivity index (χ1) is 9.52. The lowest BCUT2D eigenvalue weighted by Crippen LogP contribution is -2.38. The van der Waals surface area contributed by atoms with Gasteiger partial charge in [0.2, 0.25) is 10.0 Å². The highest BCUT2D eigenvalue weighted by molar-refractivity contribution is 7.89. The van der Waals surface area contributed by atoms with Gasteiger partial charge in [0.1, 0.15) is 4.90 Å². The highest BCUT2D eigenvalue weighted by Gasteiger charge is 2.29. The molecule has 1 fully saturated rings. The van der Waals surface area contributed by atoms with Crippen molar-refractivity contribution in [3.8, 4) is 0 Å². The summed E-state index contributed by atoms with van der Waals surface area (Å²) in [5.41, 5.74) is 0.858. The Labute approximate surface area is 126 Å². The van der Waals surface area contributed by atoms with Crippen LogP contribution in [-0.2, 0) is 22.4 Å². The zero-order chi connectivity index (χ0) is 14.8. The summed E-state index contributed by atoms with van der Waals surface area (Å²) in [7, 11) is -3.36. The molecule has 20 heavy (non-hydrogen) atoms. The molecule has 114 valence electrons. The Morgan fingerprint density at radius 3 is 2.40 bits per heavy atom. The number of rotatable bonds is 5. The molecule has 0 N–H and O–H groups in total. The van der Waals surface area contributed by atoms with Crippen molar-refractivity contribution in [3.63, 3.8) is 0 Å². The van der Waals surface area contributed by atoms with Gasteiger partial charge in [0.15, 0.2) is 0 Å². The maximum atomic E-state index is 12.6. The van der Waals surface area contributed by atoms with Crippen molar-refractivity contribution in [2.45, 2.75) is 50.4 Å². The van der Waals surface area contributed by atoms with Gasteiger partial charge in [0, 0.05) is 31.5 Å². The number of hydrogen-bond acceptors (Lipinski definition) is 2. The summed E-state index contributed by atoms with van der Waals surface area (Å²) in [5.74, 6) is 1.00. The molecule has 2 heterocycles. The number of hydrogen-bond donors (Lipinski definition) is 0. The molecule has 0 aromatic carbocycles. The first-order valence-corrected chi connectivity index (χ1v) is 9.25. The van der Waals surface area contributed by atoms with Crippen molar-refractivity contribution in [3.05, 3.63) is 18.0 Å². The monoisotopic (exact) mass is 318 g/mol. The molecule has 1 saturated heterocycles. The normalized spacial score (nSPS) is 18.6. The fraction of sp³-hybridized carbons (Fsp3) is 0.714. The molecule has 0 amide bonds. The number of aryl methyl sites for hydroxylation is 1. The Hall–Kier alpha value is -0.520. The number of aromatic nitrogens is 1. The summed E-state index contributed by atoms with van der Waals surface area (Å²) in [4.78, 5) is 0.380. The van der Waals surface area contributed by atoms with Gasteiger partial charge in [-0.2, -0.15) is 4.31 Å². The minimum absolute atomic E-state index is 0.335. The van der Waals surface area contributed by atoms with Crippen LogP contribution in [0.2, 0.25) is 0 Å². The Bertz CT molecular complexity index is 524. The van der Waals surface area contributed by atoms with Crippen LogP contribution in [0.5, 0.6) is 0 Å². The van der Waals surface area contributed by atoms with Crippen molar-refractivity contribution in [1.29, 1.82) is 0 Å². The molecule has 0 spiro atoms. The molecule has 1 aromatic heterocycles. The van der Waals surface area contributed by atoms with Crippen LogP contribution in [0.4, 0.5) is 0 Å². The summed E-state index contributed by atoms with van der Waals surface area (Å²) < 4.78 is 28.8. The maximum Gasteiger partial charge on any atom is 0.244 e. The molecule has 0 unspecified atom stereocenters. The van der Waals surface area contributed by atoms with Crippen LogP contribution in [-0.4, -0.2) is 30.4 Å². The lowest BCUT2D eigenvalue weighted by atomic mass is 9.96. The van der Waals surface area contributed by atoms with Crippen LogP contribution < -0.4 is 0 Å². The van der Waals surface area contributed by atoms with E-state index in [0.717, 1.165) is 31.5 Å². The highest BCUT2D eigenvalue weighted by Crippen LogP contribution is 2.26. The lowest BCUT2D eigenvalue weighted by Gasteiger charge is -2.30. The van der Waals surface area contributed by atoms with E-state index in [2.05, 4.69) is 6.92 Å². The van der Waals surface area contributed by atoms with Gasteiger partial charge < -0.3 is 4.57 Å². The first kappa shape index (κ1) is 15.9. The molecule has 6 heteroatoms. The Morgan fingerprint density at radius 1 is 1.30 bits per heavy atom. The van der Waals surface area contributed by atoms with Crippen molar-refractivity contribution in [2.75, 3.05) is 13.1 Å². The van der Waals surface area contributed by atoms with E-state index in [9.17, 15) is 8.42 Å². The third kappa shape index (κ3) is 3.05. The summed E-state index contributed by atoms with van der Waals surface area (Å²) in [6, 6.07) is 1.71. The predicted octanol–water partition coefficient (Wildman–Crippen LogP) is 3.06. The second-order valence-corrected chi connectivity index (χ2v) is 7.55. The van der Waals surface area contributed by atoms with Crippen molar-refractivity contribution in [1.82, 2.24) is 8.87 Å². The molecule has 1 aliphatic rings. The van der Waals surface area contributed by atoms with Gasteiger partial charge in [-0.1, -0.05) is 13.3 Å². The second-order valence-electron chi connectivity index (χ2n) is 5.34. The molecule has 2 rings (SSSR count). The zero-order valence-corrected chi connectivity index (χ0v) is 13.8. The highest BCUT2D eigenvalue weighted by atomic mass is 35.5. The van der Waals surface area contributed by atoms with Gasteiger partial charge in [-0.3, -0.25) is 0 Å². The van der Waals surface area contributed by atoms with E-state index < -0.39 is 10.0 Å². The molecule has 0 radical (unpaired) electrons. The van der Waals surface area contributed by atoms with E-state index in [1.807, 2.05) is 11.5 Å². The van der Waals surface area contributed by atoms with E-state index in [-0.39, 0.29) is 0 Å². The molecule has 1 aromatic rings. The van der Waals surface area contributed by atoms with E-state index in [1.165, 1.54) is 0 Å². The maximum absolute atomic E-state index is 12.6. The van der Waals surface area contributed by atoms with E-state index in [1.54, 1.807) is 16.6 Å². The largest absolute Gasteiger partial charge is 0.349 e. The third-order valence-electron chi connectivity index (χ3n) is 4.23. The molecule has 1 aliphatic heterocycles. The van der Waals surface area contributed by atoms with Gasteiger partial charge >= 0.3 is 0 Å². The van der Waals surface area contributed by atoms with Gasteiger partial charge in [0.25, 0.3) is 0 Å². The van der Waals surface area contributed by atoms with Crippen LogP contribution in [0.3, 0.4) is 0 Å². The number of piperidine rings is 1. The number of nitrogens with zero attached hydrogens (tertiary/aromatic N) is 2. The van der Waals surface area contributed by atoms with Crippen LogP contribution in [0.1, 0.15) is 38.8 Å². The Kier molecular flexibility index (Phi) is 5.15. The summed E-state index contributed by atoms with van der Waals surface area (Å²) in [5, 5.41) is 0. The van der Waals surface area contributed by atoms with E-state index >= 15 is 0 Å². The fourth-order valence-corrected chi connectivity index (χ4v) is 4.54. The third-order valence-corrected chi connectivity index (χ3v) is 6.36. The average Bonchev–Trinajstić information content (AvgIpc) is 2.91. The molecule has 4 nitrogen and oxygen atoms in total. The van der Waals surface area contributed by atoms with Gasteiger partial charge in [-0.25, -0.2) is 8.42 Å². The molecular formula is C14H23ClN2O2S. The van der Waals surface area contributed by atoms with Crippen LogP contribution in [0.25, 0.3) is 0 Å². The number of alkyl halides is 1. The predicted molar refractivity (Wildman–Crippen MR) is 81.4 cm³/mol. The van der Waals surface area contributed by atoms with Crippen LogP contribution >= 0.6 is 11.6 Å². The molecule has 0 atom stereocenters. The van der Waals surface area contributed by atoms with Crippen molar-refractivity contribution < 1.29 is 8.42 Å². The standard InChI is InChI=1S/C14H23ClN2O2S/c1-3-12-5-7-17(8-6-12)20(18,19)14-9-13(10-15)16(4-2)11-14/h9,11-12H,3-8,10H2,1-2H3. The minimum atomic E-state index is -3.36. The molecule has 0 bridgehead atoms. The quantitative estimate of drug-likeness (QED) is 0.783. The van der Waals surface area contributed by atoms with Crippen molar-refractivity contribution >= 4 is 21.6 Å². The van der Waals surface area contributed by atoms with E-state index in [0.29, 0.717) is 29.8 Å². The van der Waals surface area contributed by atoms with Gasteiger partial charge in [-0.15, -0.1) is 11.6 Å². The second kappa shape index (κ2) is 6.50. The average molecular weight is 319 g/mol. The zero-order valence-electron chi connectivity index (χ0n) is 12.2. The summed E-state index contributed by atoms with van der Waals surface area (Å²) >= 11 is 5.87. The molecule has 0 aliphatic carbocycles. The number of halogens is 1. The lowest BCUT2D eigenvalue weighted by molar-refractivity contribution is 0.269. The molecular weight excluding hydrogens is 296 g/mol. The van der Waals surface area contributed by atoms with Crippen LogP contribution in [0.15, 0.2) is 17.2 Å². The van der Waals surface area contributed by atoms with Gasteiger partial charge in [-0.05, 0) is 31.7 Å².